The van der Waals surface area contributed by atoms with Crippen LogP contribution in [-0.2, 0) is 9.59 Å². The number of amides is 2. The van der Waals surface area contributed by atoms with Crippen LogP contribution in [0.4, 0.5) is 14.5 Å². The minimum atomic E-state index is -0.966. The van der Waals surface area contributed by atoms with Gasteiger partial charge in [0.1, 0.15) is 11.6 Å². The summed E-state index contributed by atoms with van der Waals surface area (Å²) in [7, 11) is 0. The first-order valence-corrected chi connectivity index (χ1v) is 9.59. The van der Waals surface area contributed by atoms with Crippen LogP contribution in [0.2, 0.25) is 0 Å². The van der Waals surface area contributed by atoms with Crippen LogP contribution >= 0.6 is 0 Å². The summed E-state index contributed by atoms with van der Waals surface area (Å²) in [6.07, 6.45) is 4.20. The van der Waals surface area contributed by atoms with Crippen LogP contribution in [0.15, 0.2) is 12.1 Å². The number of carbonyl (C=O) groups is 2. The average Bonchev–Trinajstić information content (AvgIpc) is 2.61. The number of hydrogen-bond donors (Lipinski definition) is 2. The number of aliphatic hydroxyl groups excluding tert-OH is 1. The molecule has 2 amide bonds. The van der Waals surface area contributed by atoms with Gasteiger partial charge in [-0.2, -0.15) is 0 Å². The van der Waals surface area contributed by atoms with Crippen LogP contribution in [0, 0.1) is 23.0 Å². The number of aliphatic hydroxyl groups is 1. The van der Waals surface area contributed by atoms with E-state index in [1.54, 1.807) is 0 Å². The van der Waals surface area contributed by atoms with Gasteiger partial charge in [-0.1, -0.05) is 0 Å². The van der Waals surface area contributed by atoms with Gasteiger partial charge in [-0.15, -0.1) is 0 Å². The molecular weight excluding hydrogens is 354 g/mol. The Morgan fingerprint density at radius 3 is 2.33 bits per heavy atom. The zero-order chi connectivity index (χ0) is 19.2. The van der Waals surface area contributed by atoms with Crippen molar-refractivity contribution in [2.45, 2.75) is 44.4 Å². The number of imide groups is 1. The molecule has 1 saturated carbocycles. The highest BCUT2D eigenvalue weighted by Gasteiger charge is 2.45. The van der Waals surface area contributed by atoms with E-state index in [1.807, 2.05) is 4.90 Å². The lowest BCUT2D eigenvalue weighted by Crippen LogP contribution is -2.48. The summed E-state index contributed by atoms with van der Waals surface area (Å²) < 4.78 is 29.4. The fraction of sp³-hybridized carbons (Fsp3) is 0.600. The Morgan fingerprint density at radius 1 is 1.15 bits per heavy atom. The second kappa shape index (κ2) is 6.86. The first-order chi connectivity index (χ1) is 12.9. The highest BCUT2D eigenvalue weighted by Crippen LogP contribution is 2.52. The van der Waals surface area contributed by atoms with Gasteiger partial charge in [-0.3, -0.25) is 14.9 Å². The van der Waals surface area contributed by atoms with Crippen molar-refractivity contribution in [2.24, 2.45) is 11.3 Å². The maximum atomic E-state index is 14.7. The first kappa shape index (κ1) is 18.3. The quantitative estimate of drug-likeness (QED) is 0.793. The van der Waals surface area contributed by atoms with E-state index in [1.165, 1.54) is 12.1 Å². The van der Waals surface area contributed by atoms with E-state index in [-0.39, 0.29) is 30.4 Å². The number of nitrogens with zero attached hydrogens (tertiary/aromatic N) is 1. The van der Waals surface area contributed by atoms with E-state index in [0.717, 1.165) is 38.8 Å². The second-order valence-corrected chi connectivity index (χ2v) is 8.27. The zero-order valence-electron chi connectivity index (χ0n) is 15.1. The Kier molecular flexibility index (Phi) is 4.66. The molecular formula is C20H24F2N2O3. The van der Waals surface area contributed by atoms with E-state index >= 15 is 0 Å². The third kappa shape index (κ3) is 3.33. The van der Waals surface area contributed by atoms with E-state index in [9.17, 15) is 23.5 Å². The van der Waals surface area contributed by atoms with Gasteiger partial charge in [-0.05, 0) is 55.6 Å². The molecule has 0 radical (unpaired) electrons. The predicted octanol–water partition coefficient (Wildman–Crippen LogP) is 2.47. The summed E-state index contributed by atoms with van der Waals surface area (Å²) in [5, 5.41) is 11.4. The normalized spacial score (nSPS) is 25.4. The van der Waals surface area contributed by atoms with Gasteiger partial charge in [0.15, 0.2) is 0 Å². The molecule has 5 nitrogen and oxygen atoms in total. The summed E-state index contributed by atoms with van der Waals surface area (Å²) in [6.45, 7) is 1.70. The third-order valence-corrected chi connectivity index (χ3v) is 6.54. The van der Waals surface area contributed by atoms with Crippen LogP contribution in [-0.4, -0.2) is 36.6 Å². The van der Waals surface area contributed by atoms with Crippen LogP contribution < -0.4 is 10.2 Å². The largest absolute Gasteiger partial charge is 0.396 e. The Bertz CT molecular complexity index is 743. The number of nitrogens with one attached hydrogen (secondary N) is 1. The molecule has 0 aromatic heterocycles. The van der Waals surface area contributed by atoms with Crippen molar-refractivity contribution in [1.29, 1.82) is 0 Å². The van der Waals surface area contributed by atoms with Crippen LogP contribution in [0.25, 0.3) is 0 Å². The maximum absolute atomic E-state index is 14.7. The van der Waals surface area contributed by atoms with Crippen molar-refractivity contribution < 1.29 is 23.5 Å². The lowest BCUT2D eigenvalue weighted by molar-refractivity contribution is -0.134. The molecule has 3 aliphatic rings. The van der Waals surface area contributed by atoms with Crippen LogP contribution in [0.3, 0.4) is 0 Å². The minimum absolute atomic E-state index is 0.0834. The minimum Gasteiger partial charge on any atom is -0.396 e. The van der Waals surface area contributed by atoms with E-state index in [4.69, 9.17) is 0 Å². The van der Waals surface area contributed by atoms with Gasteiger partial charge in [0.25, 0.3) is 0 Å². The molecule has 4 rings (SSSR count). The van der Waals surface area contributed by atoms with Gasteiger partial charge >= 0.3 is 0 Å². The molecule has 146 valence electrons. The first-order valence-electron chi connectivity index (χ1n) is 9.59. The summed E-state index contributed by atoms with van der Waals surface area (Å²) >= 11 is 0. The number of anilines is 1. The molecule has 1 unspecified atom stereocenters. The lowest BCUT2D eigenvalue weighted by Gasteiger charge is -2.52. The monoisotopic (exact) mass is 378 g/mol. The fourth-order valence-electron chi connectivity index (χ4n) is 5.00. The number of halogens is 2. The number of carbonyl (C=O) groups excluding carboxylic acids is 2. The molecule has 2 aliphatic heterocycles. The molecule has 3 fully saturated rings. The summed E-state index contributed by atoms with van der Waals surface area (Å²) in [5.74, 6) is -3.07. The van der Waals surface area contributed by atoms with Crippen molar-refractivity contribution in [3.05, 3.63) is 29.3 Å². The molecule has 1 atom stereocenters. The lowest BCUT2D eigenvalue weighted by atomic mass is 9.58. The molecule has 1 aromatic rings. The molecule has 1 aromatic carbocycles. The average molecular weight is 378 g/mol. The Morgan fingerprint density at radius 2 is 1.78 bits per heavy atom. The van der Waals surface area contributed by atoms with Crippen molar-refractivity contribution in [2.75, 3.05) is 24.6 Å². The second-order valence-electron chi connectivity index (χ2n) is 8.27. The van der Waals surface area contributed by atoms with Gasteiger partial charge < -0.3 is 10.0 Å². The standard InChI is InChI=1S/C20H24F2N2O3/c21-15-7-13(24-5-3-20(4-6-24)9-12(10-20)11-25)8-16(22)18(15)14-1-2-17(26)23-19(14)27/h7-8,12,14,25H,1-6,9-11H2,(H,23,26,27). The summed E-state index contributed by atoms with van der Waals surface area (Å²) in [5.41, 5.74) is 0.532. The highest BCUT2D eigenvalue weighted by atomic mass is 19.1. The molecule has 2 N–H and O–H groups in total. The molecule has 7 heteroatoms. The number of piperidine rings is 2. The van der Waals surface area contributed by atoms with Gasteiger partial charge in [-0.25, -0.2) is 8.78 Å². The number of benzene rings is 1. The van der Waals surface area contributed by atoms with Crippen molar-refractivity contribution in [3.8, 4) is 0 Å². The van der Waals surface area contributed by atoms with E-state index in [2.05, 4.69) is 5.32 Å². The highest BCUT2D eigenvalue weighted by molar-refractivity contribution is 6.01. The van der Waals surface area contributed by atoms with E-state index < -0.39 is 29.4 Å². The number of rotatable bonds is 3. The van der Waals surface area contributed by atoms with Gasteiger partial charge in [0, 0.05) is 37.4 Å². The topological polar surface area (TPSA) is 69.6 Å². The SMILES string of the molecule is O=C1CCC(c2c(F)cc(N3CCC4(CC3)CC(CO)C4)cc2F)C(=O)N1. The van der Waals surface area contributed by atoms with Crippen LogP contribution in [0.5, 0.6) is 0 Å². The Balaban J connectivity index is 1.48. The third-order valence-electron chi connectivity index (χ3n) is 6.54. The van der Waals surface area contributed by atoms with Crippen molar-refractivity contribution >= 4 is 17.5 Å². The van der Waals surface area contributed by atoms with Crippen molar-refractivity contribution in [3.63, 3.8) is 0 Å². The fourth-order valence-corrected chi connectivity index (χ4v) is 5.00. The van der Waals surface area contributed by atoms with Crippen molar-refractivity contribution in [1.82, 2.24) is 5.32 Å². The van der Waals surface area contributed by atoms with Gasteiger partial charge in [0.05, 0.1) is 5.92 Å². The Labute approximate surface area is 156 Å². The number of hydrogen-bond acceptors (Lipinski definition) is 4. The zero-order valence-corrected chi connectivity index (χ0v) is 15.1. The molecule has 2 saturated heterocycles. The smallest absolute Gasteiger partial charge is 0.234 e. The van der Waals surface area contributed by atoms with Gasteiger partial charge in [0.2, 0.25) is 11.8 Å². The Hall–Kier alpha value is -2.02. The predicted molar refractivity (Wildman–Crippen MR) is 95.2 cm³/mol. The molecule has 1 spiro atoms. The van der Waals surface area contributed by atoms with Crippen LogP contribution in [0.1, 0.15) is 50.0 Å². The molecule has 27 heavy (non-hydrogen) atoms. The molecule has 0 bridgehead atoms. The molecule has 1 aliphatic carbocycles. The van der Waals surface area contributed by atoms with E-state index in [0.29, 0.717) is 11.6 Å². The molecule has 2 heterocycles. The summed E-state index contributed by atoms with van der Waals surface area (Å²) in [6, 6.07) is 2.61. The maximum Gasteiger partial charge on any atom is 0.234 e. The summed E-state index contributed by atoms with van der Waals surface area (Å²) in [4.78, 5) is 25.2.